The maximum absolute atomic E-state index is 13.3. The van der Waals surface area contributed by atoms with Crippen molar-refractivity contribution in [1.29, 1.82) is 0 Å². The highest BCUT2D eigenvalue weighted by Crippen LogP contribution is 2.43. The van der Waals surface area contributed by atoms with Crippen molar-refractivity contribution in [3.8, 4) is 0 Å². The molecule has 0 aromatic carbocycles. The Morgan fingerprint density at radius 1 is 1.12 bits per heavy atom. The number of hydrogen-bond donors (Lipinski definition) is 2. The third-order valence-corrected chi connectivity index (χ3v) is 3.03. The van der Waals surface area contributed by atoms with Gasteiger partial charge in [0.15, 0.2) is 0 Å². The molecule has 0 radical (unpaired) electrons. The van der Waals surface area contributed by atoms with Gasteiger partial charge in [0.05, 0.1) is 5.69 Å². The molecule has 0 unspecified atom stereocenters. The zero-order valence-electron chi connectivity index (χ0n) is 13.2. The Hall–Kier alpha value is -2.00. The standard InChI is InChI=1S/C14H17F6N3O/c1-8(2)7-11(24)23-12(13(15,16)17,14(18,19)20)22-10-6-4-5-9(3)21-10/h4-6,8H,7H2,1-3H3,(H,21,22)(H,23,24)/p+1. The first-order valence-electron chi connectivity index (χ1n) is 7.00. The van der Waals surface area contributed by atoms with Crippen LogP contribution in [-0.2, 0) is 4.79 Å². The van der Waals surface area contributed by atoms with Crippen LogP contribution in [0.5, 0.6) is 0 Å². The van der Waals surface area contributed by atoms with Crippen LogP contribution >= 0.6 is 0 Å². The molecule has 1 rings (SSSR count). The molecule has 0 atom stereocenters. The molecule has 0 aliphatic carbocycles. The molecule has 1 aromatic rings. The van der Waals surface area contributed by atoms with Gasteiger partial charge in [0, 0.05) is 12.5 Å². The van der Waals surface area contributed by atoms with Crippen molar-refractivity contribution < 1.29 is 36.1 Å². The SMILES string of the molecule is Cc1cccc(NC(NC(=O)CC(C)C)(C(F)(F)F)C(F)(F)F)[nH+]1. The molecule has 0 spiro atoms. The summed E-state index contributed by atoms with van der Waals surface area (Å²) in [4.78, 5) is 14.0. The summed E-state index contributed by atoms with van der Waals surface area (Å²) < 4.78 is 80.1. The lowest BCUT2D eigenvalue weighted by atomic mass is 10.1. The van der Waals surface area contributed by atoms with Gasteiger partial charge in [-0.05, 0) is 18.9 Å². The van der Waals surface area contributed by atoms with Crippen LogP contribution in [0.4, 0.5) is 32.2 Å². The number of alkyl halides is 6. The summed E-state index contributed by atoms with van der Waals surface area (Å²) in [6.45, 7) is 4.47. The number of carbonyl (C=O) groups excluding carboxylic acids is 1. The van der Waals surface area contributed by atoms with Crippen molar-refractivity contribution in [3.63, 3.8) is 0 Å². The number of H-pyrrole nitrogens is 1. The van der Waals surface area contributed by atoms with Crippen molar-refractivity contribution in [3.05, 3.63) is 23.9 Å². The molecule has 4 nitrogen and oxygen atoms in total. The fourth-order valence-electron chi connectivity index (χ4n) is 1.97. The van der Waals surface area contributed by atoms with Gasteiger partial charge in [-0.1, -0.05) is 19.9 Å². The molecule has 0 fully saturated rings. The summed E-state index contributed by atoms with van der Waals surface area (Å²) in [6.07, 6.45) is -12.1. The van der Waals surface area contributed by atoms with Gasteiger partial charge < -0.3 is 0 Å². The van der Waals surface area contributed by atoms with E-state index in [0.29, 0.717) is 5.69 Å². The number of pyridine rings is 1. The zero-order valence-corrected chi connectivity index (χ0v) is 13.2. The second-order valence-corrected chi connectivity index (χ2v) is 5.76. The number of aromatic nitrogens is 1. The molecule has 24 heavy (non-hydrogen) atoms. The number of amides is 1. The average molecular weight is 358 g/mol. The number of rotatable bonds is 5. The van der Waals surface area contributed by atoms with Crippen molar-refractivity contribution in [2.24, 2.45) is 5.92 Å². The lowest BCUT2D eigenvalue weighted by Crippen LogP contribution is -2.72. The summed E-state index contributed by atoms with van der Waals surface area (Å²) in [7, 11) is 0. The second-order valence-electron chi connectivity index (χ2n) is 5.76. The van der Waals surface area contributed by atoms with Gasteiger partial charge in [0.1, 0.15) is 0 Å². The smallest absolute Gasteiger partial charge is 0.300 e. The molecule has 10 heteroatoms. The normalized spacial score (nSPS) is 13.1. The van der Waals surface area contributed by atoms with Gasteiger partial charge in [-0.2, -0.15) is 26.3 Å². The van der Waals surface area contributed by atoms with E-state index in [9.17, 15) is 31.1 Å². The Bertz CT molecular complexity index is 569. The van der Waals surface area contributed by atoms with Crippen molar-refractivity contribution >= 4 is 11.7 Å². The van der Waals surface area contributed by atoms with E-state index in [-0.39, 0.29) is 0 Å². The van der Waals surface area contributed by atoms with Gasteiger partial charge in [-0.3, -0.25) is 10.1 Å². The van der Waals surface area contributed by atoms with Crippen LogP contribution in [0.25, 0.3) is 0 Å². The monoisotopic (exact) mass is 358 g/mol. The van der Waals surface area contributed by atoms with Crippen LogP contribution in [0, 0.1) is 12.8 Å². The molecule has 0 saturated carbocycles. The Kier molecular flexibility index (Phi) is 5.73. The fourth-order valence-corrected chi connectivity index (χ4v) is 1.97. The number of anilines is 1. The van der Waals surface area contributed by atoms with E-state index >= 15 is 0 Å². The van der Waals surface area contributed by atoms with E-state index in [1.54, 1.807) is 0 Å². The second kappa shape index (κ2) is 6.86. The molecule has 0 saturated heterocycles. The number of nitrogens with one attached hydrogen (secondary N) is 3. The van der Waals surface area contributed by atoms with E-state index < -0.39 is 42.1 Å². The highest BCUT2D eigenvalue weighted by atomic mass is 19.4. The molecule has 3 N–H and O–H groups in total. The van der Waals surface area contributed by atoms with Crippen LogP contribution < -0.4 is 15.6 Å². The molecule has 0 aliphatic rings. The maximum atomic E-state index is 13.3. The van der Waals surface area contributed by atoms with E-state index in [1.807, 2.05) is 0 Å². The van der Waals surface area contributed by atoms with E-state index in [4.69, 9.17) is 0 Å². The third-order valence-electron chi connectivity index (χ3n) is 3.03. The summed E-state index contributed by atoms with van der Waals surface area (Å²) in [5.74, 6) is -2.30. The highest BCUT2D eigenvalue weighted by Gasteiger charge is 2.76. The predicted octanol–water partition coefficient (Wildman–Crippen LogP) is 3.20. The van der Waals surface area contributed by atoms with Crippen LogP contribution in [0.1, 0.15) is 26.0 Å². The van der Waals surface area contributed by atoms with Crippen molar-refractivity contribution in [1.82, 2.24) is 5.32 Å². The summed E-state index contributed by atoms with van der Waals surface area (Å²) in [6, 6.07) is 3.75. The van der Waals surface area contributed by atoms with Crippen LogP contribution in [0.2, 0.25) is 0 Å². The largest absolute Gasteiger partial charge is 0.462 e. The summed E-state index contributed by atoms with van der Waals surface area (Å²) in [5.41, 5.74) is -4.26. The van der Waals surface area contributed by atoms with E-state index in [2.05, 4.69) is 4.98 Å². The summed E-state index contributed by atoms with van der Waals surface area (Å²) >= 11 is 0. The van der Waals surface area contributed by atoms with Gasteiger partial charge in [-0.15, -0.1) is 0 Å². The minimum atomic E-state index is -5.82. The van der Waals surface area contributed by atoms with Crippen molar-refractivity contribution in [2.45, 2.75) is 45.2 Å². The lowest BCUT2D eigenvalue weighted by Gasteiger charge is -2.34. The van der Waals surface area contributed by atoms with Crippen LogP contribution in [0.3, 0.4) is 0 Å². The number of halogens is 6. The summed E-state index contributed by atoms with van der Waals surface area (Å²) in [5, 5.41) is 2.47. The quantitative estimate of drug-likeness (QED) is 0.627. The molecule has 1 aromatic heterocycles. The Labute approximate surface area is 134 Å². The molecular formula is C14H18F6N3O+. The number of carbonyl (C=O) groups is 1. The molecule has 0 bridgehead atoms. The van der Waals surface area contributed by atoms with Crippen molar-refractivity contribution in [2.75, 3.05) is 5.32 Å². The van der Waals surface area contributed by atoms with Gasteiger partial charge in [-0.25, -0.2) is 10.3 Å². The first-order valence-corrected chi connectivity index (χ1v) is 7.00. The molecular weight excluding hydrogens is 340 g/mol. The van der Waals surface area contributed by atoms with Crippen LogP contribution in [0.15, 0.2) is 18.2 Å². The first-order chi connectivity index (χ1) is 10.8. The van der Waals surface area contributed by atoms with E-state index in [0.717, 1.165) is 11.4 Å². The Morgan fingerprint density at radius 2 is 1.67 bits per heavy atom. The van der Waals surface area contributed by atoms with Crippen LogP contribution in [-0.4, -0.2) is 23.9 Å². The van der Waals surface area contributed by atoms with Gasteiger partial charge >= 0.3 is 18.0 Å². The molecule has 1 amide bonds. The zero-order chi connectivity index (χ0) is 18.8. The molecule has 1 heterocycles. The lowest BCUT2D eigenvalue weighted by molar-refractivity contribution is -0.376. The topological polar surface area (TPSA) is 55.3 Å². The minimum Gasteiger partial charge on any atom is -0.300 e. The number of aromatic amines is 1. The van der Waals surface area contributed by atoms with E-state index in [1.165, 1.54) is 38.2 Å². The average Bonchev–Trinajstić information content (AvgIpc) is 2.34. The molecule has 136 valence electrons. The number of aryl methyl sites for hydroxylation is 1. The third kappa shape index (κ3) is 4.51. The van der Waals surface area contributed by atoms with Gasteiger partial charge in [0.2, 0.25) is 5.91 Å². The Morgan fingerprint density at radius 3 is 2.08 bits per heavy atom. The number of hydrogen-bond acceptors (Lipinski definition) is 2. The van der Waals surface area contributed by atoms with Gasteiger partial charge in [0.25, 0.3) is 5.82 Å². The first kappa shape index (κ1) is 20.0. The maximum Gasteiger partial charge on any atom is 0.462 e. The fraction of sp³-hybridized carbons (Fsp3) is 0.571. The highest BCUT2D eigenvalue weighted by molar-refractivity contribution is 5.77. The minimum absolute atomic E-state index is 0.340. The predicted molar refractivity (Wildman–Crippen MR) is 73.8 cm³/mol. The molecule has 0 aliphatic heterocycles. The Balaban J connectivity index is 3.34.